The van der Waals surface area contributed by atoms with Gasteiger partial charge in [0.1, 0.15) is 12.1 Å². The predicted octanol–water partition coefficient (Wildman–Crippen LogP) is 1.51. The summed E-state index contributed by atoms with van der Waals surface area (Å²) in [7, 11) is -0.446. The summed E-state index contributed by atoms with van der Waals surface area (Å²) in [5.74, 6) is 0.466. The van der Waals surface area contributed by atoms with Crippen LogP contribution in [0.15, 0.2) is 24.5 Å². The number of hydrogen-bond acceptors (Lipinski definition) is 5. The fourth-order valence-corrected chi connectivity index (χ4v) is 2.29. The average Bonchev–Trinajstić information content (AvgIpc) is 2.58. The number of rotatable bonds is 1. The van der Waals surface area contributed by atoms with E-state index in [2.05, 4.69) is 9.97 Å². The number of para-hydroxylation sites is 1. The molecule has 0 spiro atoms. The molecule has 1 aromatic carbocycles. The highest BCUT2D eigenvalue weighted by molar-refractivity contribution is 6.65. The van der Waals surface area contributed by atoms with Crippen molar-refractivity contribution in [1.82, 2.24) is 9.97 Å². The number of nitrogen functional groups attached to an aromatic ring is 1. The molecule has 0 radical (unpaired) electrons. The molecule has 2 aromatic rings. The minimum absolute atomic E-state index is 0.377. The van der Waals surface area contributed by atoms with Gasteiger partial charge in [-0.15, -0.1) is 0 Å². The van der Waals surface area contributed by atoms with E-state index in [1.807, 2.05) is 45.9 Å². The van der Waals surface area contributed by atoms with Crippen molar-refractivity contribution >= 4 is 29.3 Å². The molecule has 20 heavy (non-hydrogen) atoms. The lowest BCUT2D eigenvalue weighted by molar-refractivity contribution is 0.00578. The topological polar surface area (TPSA) is 70.3 Å². The average molecular weight is 271 g/mol. The lowest BCUT2D eigenvalue weighted by Gasteiger charge is -2.32. The van der Waals surface area contributed by atoms with Crippen molar-refractivity contribution in [2.24, 2.45) is 0 Å². The number of nitrogens with two attached hydrogens (primary N) is 1. The van der Waals surface area contributed by atoms with E-state index in [1.165, 1.54) is 6.33 Å². The monoisotopic (exact) mass is 271 g/mol. The van der Waals surface area contributed by atoms with Gasteiger partial charge in [0.05, 0.1) is 16.7 Å². The van der Waals surface area contributed by atoms with E-state index in [9.17, 15) is 0 Å². The lowest BCUT2D eigenvalue weighted by Crippen LogP contribution is -2.41. The molecule has 3 rings (SSSR count). The van der Waals surface area contributed by atoms with Crippen molar-refractivity contribution in [2.75, 3.05) is 5.73 Å². The predicted molar refractivity (Wildman–Crippen MR) is 79.7 cm³/mol. The first-order valence-electron chi connectivity index (χ1n) is 6.66. The Kier molecular flexibility index (Phi) is 2.78. The normalized spacial score (nSPS) is 20.5. The van der Waals surface area contributed by atoms with Crippen LogP contribution in [0.3, 0.4) is 0 Å². The van der Waals surface area contributed by atoms with Gasteiger partial charge in [0, 0.05) is 10.8 Å². The summed E-state index contributed by atoms with van der Waals surface area (Å²) in [5.41, 5.74) is 6.81. The second-order valence-electron chi connectivity index (χ2n) is 6.09. The first-order chi connectivity index (χ1) is 9.32. The Bertz CT molecular complexity index is 657. The second-order valence-corrected chi connectivity index (χ2v) is 6.09. The van der Waals surface area contributed by atoms with Gasteiger partial charge in [-0.25, -0.2) is 9.97 Å². The number of fused-ring (bicyclic) bond motifs is 1. The van der Waals surface area contributed by atoms with E-state index in [0.29, 0.717) is 5.82 Å². The van der Waals surface area contributed by atoms with Crippen molar-refractivity contribution < 1.29 is 9.31 Å². The van der Waals surface area contributed by atoms with Crippen molar-refractivity contribution in [2.45, 2.75) is 38.9 Å². The van der Waals surface area contributed by atoms with Gasteiger partial charge in [-0.1, -0.05) is 12.1 Å². The summed E-state index contributed by atoms with van der Waals surface area (Å²) in [5, 5.41) is 0.819. The Morgan fingerprint density at radius 1 is 1.05 bits per heavy atom. The van der Waals surface area contributed by atoms with Crippen molar-refractivity contribution in [3.05, 3.63) is 24.5 Å². The van der Waals surface area contributed by atoms with Gasteiger partial charge in [0.15, 0.2) is 0 Å². The third-order valence-electron chi connectivity index (χ3n) is 4.23. The summed E-state index contributed by atoms with van der Waals surface area (Å²) in [4.78, 5) is 8.35. The molecule has 2 heterocycles. The van der Waals surface area contributed by atoms with Crippen molar-refractivity contribution in [1.29, 1.82) is 0 Å². The van der Waals surface area contributed by atoms with Gasteiger partial charge in [0.2, 0.25) is 0 Å². The number of nitrogens with zero attached hydrogens (tertiary/aromatic N) is 2. The zero-order valence-electron chi connectivity index (χ0n) is 12.2. The molecular weight excluding hydrogens is 253 g/mol. The quantitative estimate of drug-likeness (QED) is 0.796. The maximum absolute atomic E-state index is 6.07. The summed E-state index contributed by atoms with van der Waals surface area (Å²) in [6, 6.07) is 5.78. The molecule has 0 bridgehead atoms. The SMILES string of the molecule is CC1(C)OB(c2cccc3c(N)ncnc23)OC1(C)C. The highest BCUT2D eigenvalue weighted by Gasteiger charge is 2.52. The van der Waals surface area contributed by atoms with Gasteiger partial charge in [-0.2, -0.15) is 0 Å². The molecule has 0 atom stereocenters. The Hall–Kier alpha value is -1.66. The van der Waals surface area contributed by atoms with Crippen LogP contribution in [0.5, 0.6) is 0 Å². The summed E-state index contributed by atoms with van der Waals surface area (Å²) < 4.78 is 12.1. The van der Waals surface area contributed by atoms with Crippen molar-refractivity contribution in [3.8, 4) is 0 Å². The molecule has 0 unspecified atom stereocenters. The van der Waals surface area contributed by atoms with Crippen LogP contribution in [-0.4, -0.2) is 28.3 Å². The molecule has 1 fully saturated rings. The largest absolute Gasteiger partial charge is 0.497 e. The van der Waals surface area contributed by atoms with Gasteiger partial charge in [-0.05, 0) is 33.8 Å². The zero-order chi connectivity index (χ0) is 14.5. The molecule has 5 nitrogen and oxygen atoms in total. The Morgan fingerprint density at radius 3 is 2.35 bits per heavy atom. The van der Waals surface area contributed by atoms with E-state index in [1.54, 1.807) is 0 Å². The molecule has 1 aliphatic heterocycles. The summed E-state index contributed by atoms with van der Waals surface area (Å²) >= 11 is 0. The first kappa shape index (κ1) is 13.3. The molecular formula is C14H18BN3O2. The molecule has 0 aliphatic carbocycles. The van der Waals surface area contributed by atoms with Crippen LogP contribution >= 0.6 is 0 Å². The minimum atomic E-state index is -0.446. The molecule has 1 saturated heterocycles. The molecule has 0 saturated carbocycles. The van der Waals surface area contributed by atoms with Crippen LogP contribution in [0.4, 0.5) is 5.82 Å². The van der Waals surface area contributed by atoms with Crippen LogP contribution in [0.2, 0.25) is 0 Å². The van der Waals surface area contributed by atoms with E-state index in [0.717, 1.165) is 16.4 Å². The lowest BCUT2D eigenvalue weighted by atomic mass is 9.77. The summed E-state index contributed by atoms with van der Waals surface area (Å²) in [6.45, 7) is 8.12. The van der Waals surface area contributed by atoms with Gasteiger partial charge in [-0.3, -0.25) is 0 Å². The minimum Gasteiger partial charge on any atom is -0.399 e. The molecule has 2 N–H and O–H groups in total. The number of anilines is 1. The maximum atomic E-state index is 6.07. The highest BCUT2D eigenvalue weighted by atomic mass is 16.7. The Morgan fingerprint density at radius 2 is 1.70 bits per heavy atom. The Labute approximate surface area is 118 Å². The Balaban J connectivity index is 2.11. The van der Waals surface area contributed by atoms with Crippen LogP contribution in [0.1, 0.15) is 27.7 Å². The molecule has 6 heteroatoms. The smallest absolute Gasteiger partial charge is 0.399 e. The maximum Gasteiger partial charge on any atom is 0.497 e. The molecule has 1 aromatic heterocycles. The number of aromatic nitrogens is 2. The molecule has 1 aliphatic rings. The third kappa shape index (κ3) is 1.87. The van der Waals surface area contributed by atoms with E-state index in [-0.39, 0.29) is 11.2 Å². The van der Waals surface area contributed by atoms with E-state index in [4.69, 9.17) is 15.0 Å². The van der Waals surface area contributed by atoms with E-state index >= 15 is 0 Å². The second kappa shape index (κ2) is 4.17. The van der Waals surface area contributed by atoms with Crippen LogP contribution in [-0.2, 0) is 9.31 Å². The first-order valence-corrected chi connectivity index (χ1v) is 6.66. The molecule has 0 amide bonds. The van der Waals surface area contributed by atoms with Crippen LogP contribution in [0.25, 0.3) is 10.9 Å². The van der Waals surface area contributed by atoms with Gasteiger partial charge >= 0.3 is 7.12 Å². The fourth-order valence-electron chi connectivity index (χ4n) is 2.29. The van der Waals surface area contributed by atoms with Gasteiger partial charge < -0.3 is 15.0 Å². The number of benzene rings is 1. The van der Waals surface area contributed by atoms with Crippen LogP contribution in [0, 0.1) is 0 Å². The fraction of sp³-hybridized carbons (Fsp3) is 0.429. The standard InChI is InChI=1S/C14H18BN3O2/c1-13(2)14(3,4)20-15(19-13)10-7-5-6-9-11(10)17-8-18-12(9)16/h5-8H,1-4H3,(H2,16,17,18). The van der Waals surface area contributed by atoms with Gasteiger partial charge in [0.25, 0.3) is 0 Å². The van der Waals surface area contributed by atoms with Crippen molar-refractivity contribution in [3.63, 3.8) is 0 Å². The molecule has 104 valence electrons. The third-order valence-corrected chi connectivity index (χ3v) is 4.23. The number of hydrogen-bond donors (Lipinski definition) is 1. The van der Waals surface area contributed by atoms with Crippen LogP contribution < -0.4 is 11.2 Å². The zero-order valence-corrected chi connectivity index (χ0v) is 12.2. The van der Waals surface area contributed by atoms with E-state index < -0.39 is 7.12 Å². The summed E-state index contributed by atoms with van der Waals surface area (Å²) in [6.07, 6.45) is 1.46. The highest BCUT2D eigenvalue weighted by Crippen LogP contribution is 2.36.